The molecule has 2 heterocycles. The smallest absolute Gasteiger partial charge is 0.243 e. The number of anilines is 1. The summed E-state index contributed by atoms with van der Waals surface area (Å²) in [4.78, 5) is 20.4. The summed E-state index contributed by atoms with van der Waals surface area (Å²) in [5.74, 6) is 0.0303. The van der Waals surface area contributed by atoms with Crippen LogP contribution in [0, 0.1) is 13.8 Å². The highest BCUT2D eigenvalue weighted by Gasteiger charge is 2.39. The molecule has 1 atom stereocenters. The molecule has 2 aromatic carbocycles. The average molecular weight is 533 g/mol. The lowest BCUT2D eigenvalue weighted by atomic mass is 10.1. The van der Waals surface area contributed by atoms with Gasteiger partial charge < -0.3 is 9.80 Å². The molecule has 0 aromatic heterocycles. The van der Waals surface area contributed by atoms with Crippen molar-refractivity contribution in [3.63, 3.8) is 0 Å². The van der Waals surface area contributed by atoms with Crippen LogP contribution in [0.2, 0.25) is 5.02 Å². The first-order valence-corrected chi connectivity index (χ1v) is 14.6. The van der Waals surface area contributed by atoms with Gasteiger partial charge in [-0.25, -0.2) is 8.42 Å². The van der Waals surface area contributed by atoms with Gasteiger partial charge in [0.1, 0.15) is 6.04 Å². The molecule has 4 rings (SSSR count). The first kappa shape index (κ1) is 26.9. The molecular formula is C27H37ClN4O3S. The Morgan fingerprint density at radius 1 is 0.972 bits per heavy atom. The summed E-state index contributed by atoms with van der Waals surface area (Å²) in [6.45, 7) is 11.0. The Morgan fingerprint density at radius 3 is 2.33 bits per heavy atom. The number of carbonyl (C=O) groups is 1. The molecule has 0 spiro atoms. The van der Waals surface area contributed by atoms with Gasteiger partial charge in [0.25, 0.3) is 0 Å². The number of halogens is 1. The van der Waals surface area contributed by atoms with Gasteiger partial charge in [0, 0.05) is 56.5 Å². The number of unbranched alkanes of at least 4 members (excludes halogenated alkanes) is 1. The fraction of sp³-hybridized carbons (Fsp3) is 0.519. The van der Waals surface area contributed by atoms with Gasteiger partial charge in [-0.2, -0.15) is 4.31 Å². The third-order valence-corrected chi connectivity index (χ3v) is 9.42. The van der Waals surface area contributed by atoms with E-state index in [2.05, 4.69) is 48.8 Å². The summed E-state index contributed by atoms with van der Waals surface area (Å²) in [6.07, 6.45) is 2.01. The van der Waals surface area contributed by atoms with Crippen LogP contribution in [-0.2, 0) is 14.8 Å². The monoisotopic (exact) mass is 532 g/mol. The summed E-state index contributed by atoms with van der Waals surface area (Å²) in [5.41, 5.74) is 3.69. The number of piperazine rings is 2. The number of sulfonamides is 1. The van der Waals surface area contributed by atoms with Gasteiger partial charge in [0.05, 0.1) is 4.90 Å². The molecule has 196 valence electrons. The number of hydrogen-bond acceptors (Lipinski definition) is 5. The maximum atomic E-state index is 13.8. The van der Waals surface area contributed by atoms with Crippen molar-refractivity contribution >= 4 is 33.2 Å². The van der Waals surface area contributed by atoms with Gasteiger partial charge >= 0.3 is 0 Å². The molecule has 2 fully saturated rings. The highest BCUT2D eigenvalue weighted by Crippen LogP contribution is 2.25. The molecule has 9 heteroatoms. The molecule has 0 saturated carbocycles. The minimum absolute atomic E-state index is 0.0303. The highest BCUT2D eigenvalue weighted by molar-refractivity contribution is 7.89. The van der Waals surface area contributed by atoms with Crippen LogP contribution in [0.25, 0.3) is 0 Å². The van der Waals surface area contributed by atoms with E-state index in [1.54, 1.807) is 12.1 Å². The molecule has 36 heavy (non-hydrogen) atoms. The van der Waals surface area contributed by atoms with Crippen LogP contribution in [0.5, 0.6) is 0 Å². The van der Waals surface area contributed by atoms with Gasteiger partial charge in [0.15, 0.2) is 0 Å². The highest BCUT2D eigenvalue weighted by atomic mass is 35.5. The summed E-state index contributed by atoms with van der Waals surface area (Å²) >= 11 is 5.96. The maximum Gasteiger partial charge on any atom is 0.243 e. The van der Waals surface area contributed by atoms with Crippen molar-refractivity contribution in [2.24, 2.45) is 0 Å². The predicted molar refractivity (Wildman–Crippen MR) is 145 cm³/mol. The standard InChI is InChI=1S/C27H37ClN4O3S/c1-4-5-12-29-17-18-32(36(34,35)24-10-8-23(28)9-11-24)20-26(29)27(33)31-15-13-30(14-16-31)25-19-21(2)6-7-22(25)3/h6-11,19,26H,4-5,12-18,20H2,1-3H3. The van der Waals surface area contributed by atoms with E-state index >= 15 is 0 Å². The summed E-state index contributed by atoms with van der Waals surface area (Å²) in [7, 11) is -3.70. The lowest BCUT2D eigenvalue weighted by Crippen LogP contribution is -2.62. The van der Waals surface area contributed by atoms with E-state index in [1.807, 2.05) is 4.90 Å². The second-order valence-electron chi connectivity index (χ2n) is 9.82. The second kappa shape index (κ2) is 11.5. The van der Waals surface area contributed by atoms with Crippen molar-refractivity contribution in [2.45, 2.75) is 44.6 Å². The molecule has 0 aliphatic carbocycles. The van der Waals surface area contributed by atoms with Crippen molar-refractivity contribution in [2.75, 3.05) is 57.3 Å². The van der Waals surface area contributed by atoms with Crippen molar-refractivity contribution in [3.8, 4) is 0 Å². The van der Waals surface area contributed by atoms with Crippen LogP contribution < -0.4 is 4.90 Å². The molecule has 0 radical (unpaired) electrons. The molecule has 0 N–H and O–H groups in total. The fourth-order valence-corrected chi connectivity index (χ4v) is 6.63. The predicted octanol–water partition coefficient (Wildman–Crippen LogP) is 3.78. The van der Waals surface area contributed by atoms with E-state index in [-0.39, 0.29) is 17.3 Å². The van der Waals surface area contributed by atoms with E-state index in [0.717, 1.165) is 32.5 Å². The number of hydrogen-bond donors (Lipinski definition) is 0. The van der Waals surface area contributed by atoms with Crippen LogP contribution in [-0.4, -0.2) is 86.8 Å². The lowest BCUT2D eigenvalue weighted by Gasteiger charge is -2.44. The summed E-state index contributed by atoms with van der Waals surface area (Å²) in [6, 6.07) is 12.2. The van der Waals surface area contributed by atoms with Gasteiger partial charge in [-0.1, -0.05) is 37.1 Å². The Morgan fingerprint density at radius 2 is 1.67 bits per heavy atom. The first-order chi connectivity index (χ1) is 17.2. The van der Waals surface area contributed by atoms with Gasteiger partial charge in [-0.05, 0) is 68.3 Å². The zero-order valence-electron chi connectivity index (χ0n) is 21.5. The number of benzene rings is 2. The molecular weight excluding hydrogens is 496 g/mol. The van der Waals surface area contributed by atoms with Gasteiger partial charge in [-0.3, -0.25) is 9.69 Å². The Bertz CT molecular complexity index is 1160. The lowest BCUT2D eigenvalue weighted by molar-refractivity contribution is -0.139. The van der Waals surface area contributed by atoms with Crippen LogP contribution in [0.4, 0.5) is 5.69 Å². The molecule has 2 aliphatic heterocycles. The third kappa shape index (κ3) is 5.88. The Kier molecular flexibility index (Phi) is 8.60. The average Bonchev–Trinajstić information content (AvgIpc) is 2.88. The van der Waals surface area contributed by atoms with Crippen LogP contribution in [0.3, 0.4) is 0 Å². The molecule has 7 nitrogen and oxygen atoms in total. The Balaban J connectivity index is 1.48. The number of rotatable bonds is 7. The number of amides is 1. The van der Waals surface area contributed by atoms with E-state index < -0.39 is 16.1 Å². The zero-order chi connectivity index (χ0) is 25.9. The van der Waals surface area contributed by atoms with Gasteiger partial charge in [-0.15, -0.1) is 0 Å². The quantitative estimate of drug-likeness (QED) is 0.543. The number of aryl methyl sites for hydroxylation is 2. The minimum Gasteiger partial charge on any atom is -0.368 e. The van der Waals surface area contributed by atoms with Crippen LogP contribution in [0.15, 0.2) is 47.4 Å². The molecule has 2 aliphatic rings. The van der Waals surface area contributed by atoms with Crippen LogP contribution in [0.1, 0.15) is 30.9 Å². The van der Waals surface area contributed by atoms with Crippen molar-refractivity contribution in [1.82, 2.24) is 14.1 Å². The normalized spacial score (nSPS) is 20.1. The minimum atomic E-state index is -3.70. The third-order valence-electron chi connectivity index (χ3n) is 7.29. The van der Waals surface area contributed by atoms with Crippen LogP contribution >= 0.6 is 11.6 Å². The van der Waals surface area contributed by atoms with Crippen molar-refractivity contribution in [1.29, 1.82) is 0 Å². The molecule has 1 amide bonds. The molecule has 2 aromatic rings. The van der Waals surface area contributed by atoms with Crippen molar-refractivity contribution in [3.05, 3.63) is 58.6 Å². The fourth-order valence-electron chi connectivity index (χ4n) is 5.07. The van der Waals surface area contributed by atoms with E-state index in [1.165, 1.54) is 33.3 Å². The number of nitrogens with zero attached hydrogens (tertiary/aromatic N) is 4. The van der Waals surface area contributed by atoms with E-state index in [4.69, 9.17) is 11.6 Å². The molecule has 0 bridgehead atoms. The van der Waals surface area contributed by atoms with E-state index in [9.17, 15) is 13.2 Å². The number of carbonyl (C=O) groups excluding carboxylic acids is 1. The molecule has 2 saturated heterocycles. The second-order valence-corrected chi connectivity index (χ2v) is 12.2. The zero-order valence-corrected chi connectivity index (χ0v) is 23.1. The summed E-state index contributed by atoms with van der Waals surface area (Å²) < 4.78 is 28.2. The van der Waals surface area contributed by atoms with Gasteiger partial charge in [0.2, 0.25) is 15.9 Å². The topological polar surface area (TPSA) is 64.2 Å². The van der Waals surface area contributed by atoms with Crippen molar-refractivity contribution < 1.29 is 13.2 Å². The maximum absolute atomic E-state index is 13.8. The summed E-state index contributed by atoms with van der Waals surface area (Å²) in [5, 5.41) is 0.492. The SMILES string of the molecule is CCCCN1CCN(S(=O)(=O)c2ccc(Cl)cc2)CC1C(=O)N1CCN(c2cc(C)ccc2C)CC1. The van der Waals surface area contributed by atoms with E-state index in [0.29, 0.717) is 31.2 Å². The first-order valence-electron chi connectivity index (χ1n) is 12.8. The Labute approximate surface area is 220 Å². The Hall–Kier alpha value is -2.13. The molecule has 1 unspecified atom stereocenters. The largest absolute Gasteiger partial charge is 0.368 e.